The van der Waals surface area contributed by atoms with Gasteiger partial charge in [-0.1, -0.05) is 37.2 Å². The number of halogens is 1. The maximum atomic E-state index is 14.0. The topological polar surface area (TPSA) is 74.2 Å². The lowest BCUT2D eigenvalue weighted by molar-refractivity contribution is -0.128. The molecule has 1 amide bonds. The number of H-pyrrole nitrogens is 1. The highest BCUT2D eigenvalue weighted by Gasteiger charge is 2.23. The number of hydrogen-bond acceptors (Lipinski definition) is 5. The van der Waals surface area contributed by atoms with Crippen LogP contribution in [0.4, 0.5) is 10.1 Å². The molecule has 32 heavy (non-hydrogen) atoms. The van der Waals surface area contributed by atoms with Gasteiger partial charge in [0, 0.05) is 38.4 Å². The quantitative estimate of drug-likeness (QED) is 0.435. The molecular weight excluding hydrogens is 429 g/mol. The molecule has 0 atom stereocenters. The Labute approximate surface area is 190 Å². The van der Waals surface area contributed by atoms with Gasteiger partial charge in [-0.25, -0.2) is 9.37 Å². The van der Waals surface area contributed by atoms with Gasteiger partial charge in [-0.3, -0.25) is 14.2 Å². The molecule has 4 rings (SSSR count). The molecule has 0 radical (unpaired) electrons. The highest BCUT2D eigenvalue weighted by molar-refractivity contribution is 7.99. The Kier molecular flexibility index (Phi) is 6.83. The van der Waals surface area contributed by atoms with E-state index in [1.54, 1.807) is 21.6 Å². The van der Waals surface area contributed by atoms with E-state index in [2.05, 4.69) is 16.9 Å². The zero-order chi connectivity index (χ0) is 22.7. The van der Waals surface area contributed by atoms with Crippen molar-refractivity contribution in [1.29, 1.82) is 0 Å². The summed E-state index contributed by atoms with van der Waals surface area (Å²) in [5.41, 5.74) is 2.52. The molecule has 1 aromatic carbocycles. The second-order valence-corrected chi connectivity index (χ2v) is 8.97. The van der Waals surface area contributed by atoms with Crippen LogP contribution in [0.5, 0.6) is 0 Å². The van der Waals surface area contributed by atoms with Gasteiger partial charge < -0.3 is 14.8 Å². The molecule has 1 aliphatic heterocycles. The lowest BCUT2D eigenvalue weighted by Crippen LogP contribution is -2.49. The maximum absolute atomic E-state index is 14.0. The van der Waals surface area contributed by atoms with E-state index in [1.165, 1.54) is 17.8 Å². The van der Waals surface area contributed by atoms with Crippen molar-refractivity contribution in [3.05, 3.63) is 52.2 Å². The average Bonchev–Trinajstić information content (AvgIpc) is 3.18. The smallest absolute Gasteiger partial charge is 0.278 e. The summed E-state index contributed by atoms with van der Waals surface area (Å²) in [5, 5.41) is 0.577. The van der Waals surface area contributed by atoms with Gasteiger partial charge in [-0.15, -0.1) is 0 Å². The second-order valence-electron chi connectivity index (χ2n) is 8.03. The molecular formula is C23H28FN5O2S. The van der Waals surface area contributed by atoms with Crippen molar-refractivity contribution in [3.8, 4) is 0 Å². The molecule has 3 heterocycles. The summed E-state index contributed by atoms with van der Waals surface area (Å²) in [6.07, 6.45) is 1.83. The number of rotatable bonds is 7. The number of aromatic nitrogens is 3. The number of carbonyl (C=O) groups excluding carboxylic acids is 1. The second kappa shape index (κ2) is 9.77. The number of para-hydroxylation sites is 1. The molecule has 1 N–H and O–H groups in total. The molecule has 0 unspecified atom stereocenters. The Morgan fingerprint density at radius 1 is 1.22 bits per heavy atom. The van der Waals surface area contributed by atoms with Crippen molar-refractivity contribution >= 4 is 34.4 Å². The van der Waals surface area contributed by atoms with Crippen LogP contribution in [0.1, 0.15) is 25.5 Å². The first-order chi connectivity index (χ1) is 15.5. The molecule has 0 bridgehead atoms. The van der Waals surface area contributed by atoms with Crippen LogP contribution >= 0.6 is 11.8 Å². The maximum Gasteiger partial charge on any atom is 0.278 e. The lowest BCUT2D eigenvalue weighted by atomic mass is 10.2. The molecule has 0 saturated carbocycles. The van der Waals surface area contributed by atoms with E-state index in [0.717, 1.165) is 18.5 Å². The fourth-order valence-corrected chi connectivity index (χ4v) is 4.89. The Morgan fingerprint density at radius 3 is 2.69 bits per heavy atom. The van der Waals surface area contributed by atoms with E-state index in [9.17, 15) is 14.0 Å². The van der Waals surface area contributed by atoms with Gasteiger partial charge in [-0.2, -0.15) is 0 Å². The largest absolute Gasteiger partial charge is 0.366 e. The molecule has 3 aromatic rings. The Balaban J connectivity index is 1.43. The SMILES string of the molecule is CCCCn1c(SCC(=O)N2CCN(c3ccccc3F)CC2)nc2cc(C)[nH]c2c1=O. The number of nitrogens with one attached hydrogen (secondary N) is 1. The van der Waals surface area contributed by atoms with Gasteiger partial charge in [0.05, 0.1) is 17.0 Å². The normalized spacial score (nSPS) is 14.3. The van der Waals surface area contributed by atoms with Gasteiger partial charge in [0.1, 0.15) is 11.3 Å². The predicted octanol–water partition coefficient (Wildman–Crippen LogP) is 3.41. The third kappa shape index (κ3) is 4.67. The fourth-order valence-electron chi connectivity index (χ4n) is 3.96. The van der Waals surface area contributed by atoms with Crippen LogP contribution in [-0.2, 0) is 11.3 Å². The first-order valence-electron chi connectivity index (χ1n) is 11.0. The van der Waals surface area contributed by atoms with Gasteiger partial charge in [-0.05, 0) is 31.5 Å². The van der Waals surface area contributed by atoms with Gasteiger partial charge in [0.2, 0.25) is 5.91 Å². The van der Waals surface area contributed by atoms with Gasteiger partial charge in [0.15, 0.2) is 5.16 Å². The van der Waals surface area contributed by atoms with E-state index >= 15 is 0 Å². The first-order valence-corrected chi connectivity index (χ1v) is 12.0. The number of hydrogen-bond donors (Lipinski definition) is 1. The summed E-state index contributed by atoms with van der Waals surface area (Å²) in [7, 11) is 0. The standard InChI is InChI=1S/C23H28FN5O2S/c1-3-4-9-29-22(31)21-18(14-16(2)25-21)26-23(29)32-15-20(30)28-12-10-27(11-13-28)19-8-6-5-7-17(19)24/h5-8,14,25H,3-4,9-13,15H2,1-2H3. The number of anilines is 1. The predicted molar refractivity (Wildman–Crippen MR) is 126 cm³/mol. The molecule has 0 aliphatic carbocycles. The van der Waals surface area contributed by atoms with E-state index in [-0.39, 0.29) is 23.0 Å². The van der Waals surface area contributed by atoms with Crippen LogP contribution in [0.2, 0.25) is 0 Å². The van der Waals surface area contributed by atoms with Crippen molar-refractivity contribution in [2.45, 2.75) is 38.4 Å². The van der Waals surface area contributed by atoms with Crippen molar-refractivity contribution in [2.75, 3.05) is 36.8 Å². The van der Waals surface area contributed by atoms with Crippen LogP contribution < -0.4 is 10.5 Å². The van der Waals surface area contributed by atoms with Crippen LogP contribution in [0, 0.1) is 12.7 Å². The van der Waals surface area contributed by atoms with Crippen molar-refractivity contribution in [3.63, 3.8) is 0 Å². The van der Waals surface area contributed by atoms with E-state index in [0.29, 0.717) is 54.6 Å². The molecule has 1 aliphatic rings. The first kappa shape index (κ1) is 22.4. The summed E-state index contributed by atoms with van der Waals surface area (Å²) in [6, 6.07) is 8.57. The minimum absolute atomic E-state index is 0.00446. The minimum Gasteiger partial charge on any atom is -0.366 e. The number of unbranched alkanes of at least 4 members (excludes halogenated alkanes) is 1. The van der Waals surface area contributed by atoms with Crippen LogP contribution in [0.25, 0.3) is 11.0 Å². The third-order valence-corrected chi connectivity index (χ3v) is 6.68. The van der Waals surface area contributed by atoms with Crippen LogP contribution in [0.3, 0.4) is 0 Å². The molecule has 170 valence electrons. The fraction of sp³-hybridized carbons (Fsp3) is 0.435. The Bertz CT molecular complexity index is 1170. The average molecular weight is 458 g/mol. The van der Waals surface area contributed by atoms with E-state index in [4.69, 9.17) is 0 Å². The third-order valence-electron chi connectivity index (χ3n) is 5.72. The summed E-state index contributed by atoms with van der Waals surface area (Å²) < 4.78 is 15.7. The van der Waals surface area contributed by atoms with Crippen molar-refractivity contribution in [2.24, 2.45) is 0 Å². The number of carbonyl (C=O) groups is 1. The number of fused-ring (bicyclic) bond motifs is 1. The minimum atomic E-state index is -0.241. The molecule has 2 aromatic heterocycles. The monoisotopic (exact) mass is 457 g/mol. The molecule has 1 saturated heterocycles. The lowest BCUT2D eigenvalue weighted by Gasteiger charge is -2.36. The van der Waals surface area contributed by atoms with Crippen molar-refractivity contribution < 1.29 is 9.18 Å². The molecule has 9 heteroatoms. The number of benzene rings is 1. The van der Waals surface area contributed by atoms with Gasteiger partial charge in [0.25, 0.3) is 5.56 Å². The number of aryl methyl sites for hydroxylation is 1. The summed E-state index contributed by atoms with van der Waals surface area (Å²) in [4.78, 5) is 37.3. The van der Waals surface area contributed by atoms with Gasteiger partial charge >= 0.3 is 0 Å². The van der Waals surface area contributed by atoms with Crippen molar-refractivity contribution in [1.82, 2.24) is 19.4 Å². The molecule has 1 fully saturated rings. The van der Waals surface area contributed by atoms with Crippen LogP contribution in [0.15, 0.2) is 40.3 Å². The highest BCUT2D eigenvalue weighted by atomic mass is 32.2. The molecule has 0 spiro atoms. The zero-order valence-electron chi connectivity index (χ0n) is 18.4. The van der Waals surface area contributed by atoms with Crippen LogP contribution in [-0.4, -0.2) is 57.3 Å². The Hall–Kier alpha value is -2.81. The van der Waals surface area contributed by atoms with E-state index in [1.807, 2.05) is 24.0 Å². The number of amides is 1. The Morgan fingerprint density at radius 2 is 1.97 bits per heavy atom. The number of piperazine rings is 1. The zero-order valence-corrected chi connectivity index (χ0v) is 19.3. The summed E-state index contributed by atoms with van der Waals surface area (Å²) in [6.45, 7) is 6.81. The number of nitrogens with zero attached hydrogens (tertiary/aromatic N) is 4. The van der Waals surface area contributed by atoms with E-state index < -0.39 is 0 Å². The summed E-state index contributed by atoms with van der Waals surface area (Å²) in [5.74, 6) is -0.0214. The summed E-state index contributed by atoms with van der Waals surface area (Å²) >= 11 is 1.31. The highest BCUT2D eigenvalue weighted by Crippen LogP contribution is 2.22. The molecule has 7 nitrogen and oxygen atoms in total. The number of aromatic amines is 1. The number of thioether (sulfide) groups is 1.